The fourth-order valence-corrected chi connectivity index (χ4v) is 1.40. The zero-order valence-electron chi connectivity index (χ0n) is 10.2. The van der Waals surface area contributed by atoms with E-state index in [4.69, 9.17) is 5.11 Å². The number of benzene rings is 1. The molecule has 7 heteroatoms. The SMILES string of the molecule is O=C(N/N=C/c1ccc(O)c(O)c1O)c1ccccn1. The lowest BCUT2D eigenvalue weighted by atomic mass is 10.2. The molecule has 0 atom stereocenters. The molecule has 20 heavy (non-hydrogen) atoms. The van der Waals surface area contributed by atoms with E-state index in [0.717, 1.165) is 6.21 Å². The smallest absolute Gasteiger partial charge is 0.289 e. The van der Waals surface area contributed by atoms with Crippen molar-refractivity contribution >= 4 is 12.1 Å². The molecule has 0 spiro atoms. The molecule has 2 rings (SSSR count). The average Bonchev–Trinajstić information content (AvgIpc) is 2.48. The highest BCUT2D eigenvalue weighted by molar-refractivity contribution is 5.93. The zero-order chi connectivity index (χ0) is 14.5. The third-order valence-electron chi connectivity index (χ3n) is 2.43. The molecule has 0 unspecified atom stereocenters. The molecule has 0 saturated carbocycles. The summed E-state index contributed by atoms with van der Waals surface area (Å²) in [5.41, 5.74) is 2.56. The molecule has 0 radical (unpaired) electrons. The molecule has 1 heterocycles. The lowest BCUT2D eigenvalue weighted by Gasteiger charge is -2.03. The highest BCUT2D eigenvalue weighted by atomic mass is 16.3. The van der Waals surface area contributed by atoms with Crippen LogP contribution in [-0.4, -0.2) is 32.4 Å². The Morgan fingerprint density at radius 1 is 1.15 bits per heavy atom. The first-order valence-electron chi connectivity index (χ1n) is 5.58. The van der Waals surface area contributed by atoms with Gasteiger partial charge in [-0.15, -0.1) is 0 Å². The standard InChI is InChI=1S/C13H11N3O4/c17-10-5-4-8(11(18)12(10)19)7-15-16-13(20)9-3-1-2-6-14-9/h1-7,17-19H,(H,16,20)/b15-7+. The summed E-state index contributed by atoms with van der Waals surface area (Å²) < 4.78 is 0. The van der Waals surface area contributed by atoms with E-state index in [1.807, 2.05) is 0 Å². The van der Waals surface area contributed by atoms with E-state index < -0.39 is 23.2 Å². The second-order valence-electron chi connectivity index (χ2n) is 3.79. The molecule has 7 nitrogen and oxygen atoms in total. The number of phenols is 3. The van der Waals surface area contributed by atoms with Crippen molar-refractivity contribution in [3.8, 4) is 17.2 Å². The largest absolute Gasteiger partial charge is 0.504 e. The lowest BCUT2D eigenvalue weighted by Crippen LogP contribution is -2.18. The summed E-state index contributed by atoms with van der Waals surface area (Å²) in [6.45, 7) is 0. The van der Waals surface area contributed by atoms with Crippen LogP contribution in [-0.2, 0) is 0 Å². The van der Waals surface area contributed by atoms with E-state index in [9.17, 15) is 15.0 Å². The summed E-state index contributed by atoms with van der Waals surface area (Å²) in [5, 5.41) is 31.6. The number of hydrazone groups is 1. The topological polar surface area (TPSA) is 115 Å². The number of nitrogens with one attached hydrogen (secondary N) is 1. The van der Waals surface area contributed by atoms with Crippen LogP contribution in [0.2, 0.25) is 0 Å². The maximum Gasteiger partial charge on any atom is 0.289 e. The van der Waals surface area contributed by atoms with Gasteiger partial charge in [0.2, 0.25) is 5.75 Å². The van der Waals surface area contributed by atoms with Gasteiger partial charge in [-0.3, -0.25) is 9.78 Å². The van der Waals surface area contributed by atoms with E-state index in [1.165, 1.54) is 24.4 Å². The number of hydrogen-bond donors (Lipinski definition) is 4. The first kappa shape index (κ1) is 13.3. The predicted octanol–water partition coefficient (Wildman–Crippen LogP) is 0.962. The number of pyridine rings is 1. The first-order valence-corrected chi connectivity index (χ1v) is 5.58. The minimum Gasteiger partial charge on any atom is -0.504 e. The summed E-state index contributed by atoms with van der Waals surface area (Å²) in [6.07, 6.45) is 2.61. The number of carbonyl (C=O) groups is 1. The first-order chi connectivity index (χ1) is 9.59. The van der Waals surface area contributed by atoms with Gasteiger partial charge in [0.05, 0.1) is 6.21 Å². The molecule has 1 aromatic carbocycles. The van der Waals surface area contributed by atoms with Gasteiger partial charge in [-0.1, -0.05) is 6.07 Å². The number of amides is 1. The minimum atomic E-state index is -0.648. The molecule has 2 aromatic rings. The van der Waals surface area contributed by atoms with Crippen LogP contribution in [0.15, 0.2) is 41.6 Å². The predicted molar refractivity (Wildman–Crippen MR) is 70.7 cm³/mol. The van der Waals surface area contributed by atoms with Crippen LogP contribution in [0, 0.1) is 0 Å². The lowest BCUT2D eigenvalue weighted by molar-refractivity contribution is 0.0950. The summed E-state index contributed by atoms with van der Waals surface area (Å²) in [4.78, 5) is 15.4. The Morgan fingerprint density at radius 2 is 1.95 bits per heavy atom. The van der Waals surface area contributed by atoms with Crippen LogP contribution in [0.3, 0.4) is 0 Å². The number of rotatable bonds is 3. The van der Waals surface area contributed by atoms with E-state index >= 15 is 0 Å². The van der Waals surface area contributed by atoms with Crippen molar-refractivity contribution in [3.05, 3.63) is 47.8 Å². The van der Waals surface area contributed by atoms with Crippen molar-refractivity contribution in [2.24, 2.45) is 5.10 Å². The number of phenolic OH excluding ortho intramolecular Hbond substituents is 3. The van der Waals surface area contributed by atoms with E-state index in [-0.39, 0.29) is 11.3 Å². The Labute approximate surface area is 113 Å². The van der Waals surface area contributed by atoms with Crippen LogP contribution < -0.4 is 5.43 Å². The van der Waals surface area contributed by atoms with Crippen molar-refractivity contribution in [2.45, 2.75) is 0 Å². The van der Waals surface area contributed by atoms with Gasteiger partial charge in [-0.25, -0.2) is 5.43 Å². The van der Waals surface area contributed by atoms with Crippen LogP contribution in [0.25, 0.3) is 0 Å². The zero-order valence-corrected chi connectivity index (χ0v) is 10.2. The van der Waals surface area contributed by atoms with Gasteiger partial charge >= 0.3 is 0 Å². The van der Waals surface area contributed by atoms with Crippen LogP contribution in [0.5, 0.6) is 17.2 Å². The molecule has 0 aliphatic heterocycles. The quantitative estimate of drug-likeness (QED) is 0.378. The van der Waals surface area contributed by atoms with E-state index in [0.29, 0.717) is 0 Å². The molecule has 0 fully saturated rings. The average molecular weight is 273 g/mol. The third-order valence-corrected chi connectivity index (χ3v) is 2.43. The third kappa shape index (κ3) is 2.83. The van der Waals surface area contributed by atoms with Gasteiger partial charge in [-0.2, -0.15) is 5.10 Å². The Bertz CT molecular complexity index is 656. The van der Waals surface area contributed by atoms with Gasteiger partial charge in [0.15, 0.2) is 11.5 Å². The highest BCUT2D eigenvalue weighted by Gasteiger charge is 2.09. The van der Waals surface area contributed by atoms with Crippen molar-refractivity contribution in [2.75, 3.05) is 0 Å². The molecule has 0 saturated heterocycles. The molecule has 0 bridgehead atoms. The van der Waals surface area contributed by atoms with E-state index in [1.54, 1.807) is 12.1 Å². The van der Waals surface area contributed by atoms with Crippen molar-refractivity contribution in [1.29, 1.82) is 0 Å². The normalized spacial score (nSPS) is 10.6. The molecular weight excluding hydrogens is 262 g/mol. The number of nitrogens with zero attached hydrogens (tertiary/aromatic N) is 2. The molecule has 1 aromatic heterocycles. The number of aromatic nitrogens is 1. The Kier molecular flexibility index (Phi) is 3.80. The monoisotopic (exact) mass is 273 g/mol. The second kappa shape index (κ2) is 5.70. The van der Waals surface area contributed by atoms with Gasteiger partial charge in [0.25, 0.3) is 5.91 Å². The summed E-state index contributed by atoms with van der Waals surface area (Å²) in [6, 6.07) is 7.39. The van der Waals surface area contributed by atoms with Crippen LogP contribution in [0.1, 0.15) is 16.1 Å². The maximum absolute atomic E-state index is 11.6. The molecule has 0 aliphatic carbocycles. The Balaban J connectivity index is 2.08. The van der Waals surface area contributed by atoms with E-state index in [2.05, 4.69) is 15.5 Å². The maximum atomic E-state index is 11.6. The summed E-state index contributed by atoms with van der Waals surface area (Å²) >= 11 is 0. The molecule has 102 valence electrons. The van der Waals surface area contributed by atoms with Crippen molar-refractivity contribution in [1.82, 2.24) is 10.4 Å². The molecule has 1 amide bonds. The van der Waals surface area contributed by atoms with Gasteiger partial charge < -0.3 is 15.3 Å². The van der Waals surface area contributed by atoms with Gasteiger partial charge in [-0.05, 0) is 24.3 Å². The number of aromatic hydroxyl groups is 3. The van der Waals surface area contributed by atoms with Gasteiger partial charge in [0, 0.05) is 11.8 Å². The second-order valence-corrected chi connectivity index (χ2v) is 3.79. The Hall–Kier alpha value is -3.09. The molecule has 4 N–H and O–H groups in total. The van der Waals surface area contributed by atoms with Crippen LogP contribution >= 0.6 is 0 Å². The van der Waals surface area contributed by atoms with Crippen LogP contribution in [0.4, 0.5) is 0 Å². The van der Waals surface area contributed by atoms with Gasteiger partial charge in [0.1, 0.15) is 5.69 Å². The van der Waals surface area contributed by atoms with Crippen molar-refractivity contribution < 1.29 is 20.1 Å². The molecular formula is C13H11N3O4. The highest BCUT2D eigenvalue weighted by Crippen LogP contribution is 2.36. The summed E-state index contributed by atoms with van der Waals surface area (Å²) in [5.74, 6) is -2.13. The Morgan fingerprint density at radius 3 is 2.65 bits per heavy atom. The number of carbonyl (C=O) groups excluding carboxylic acids is 1. The fourth-order valence-electron chi connectivity index (χ4n) is 1.40. The fraction of sp³-hybridized carbons (Fsp3) is 0. The number of hydrogen-bond acceptors (Lipinski definition) is 6. The minimum absolute atomic E-state index is 0.140. The van der Waals surface area contributed by atoms with Crippen molar-refractivity contribution in [3.63, 3.8) is 0 Å². The summed E-state index contributed by atoms with van der Waals surface area (Å²) in [7, 11) is 0. The molecule has 0 aliphatic rings.